The molecule has 3 aromatic heterocycles. The van der Waals surface area contributed by atoms with Crippen LogP contribution in [0.2, 0.25) is 0 Å². The van der Waals surface area contributed by atoms with Crippen LogP contribution in [0.15, 0.2) is 73.7 Å². The number of benzene rings is 2. The van der Waals surface area contributed by atoms with Crippen molar-refractivity contribution in [1.29, 1.82) is 0 Å². The lowest BCUT2D eigenvalue weighted by Crippen LogP contribution is -2.07. The molecule has 39 heavy (non-hydrogen) atoms. The zero-order valence-corrected chi connectivity index (χ0v) is 21.4. The maximum Gasteiger partial charge on any atom is 0.322 e. The summed E-state index contributed by atoms with van der Waals surface area (Å²) in [5, 5.41) is 7.21. The van der Waals surface area contributed by atoms with Gasteiger partial charge in [0, 0.05) is 38.1 Å². The summed E-state index contributed by atoms with van der Waals surface area (Å²) in [6.07, 6.45) is 4.47. The molecule has 2 N–H and O–H groups in total. The van der Waals surface area contributed by atoms with Gasteiger partial charge in [0.2, 0.25) is 5.91 Å². The van der Waals surface area contributed by atoms with Gasteiger partial charge < -0.3 is 24.7 Å². The molecule has 0 saturated carbocycles. The third kappa shape index (κ3) is 4.47. The average molecular weight is 520 g/mol. The average Bonchev–Trinajstić information content (AvgIpc) is 3.15. The Hall–Kier alpha value is -5.09. The lowest BCUT2D eigenvalue weighted by Gasteiger charge is -2.14. The number of aryl methyl sites for hydroxylation is 1. The highest BCUT2D eigenvalue weighted by Crippen LogP contribution is 2.46. The van der Waals surface area contributed by atoms with Gasteiger partial charge in [0.25, 0.3) is 0 Å². The van der Waals surface area contributed by atoms with Gasteiger partial charge in [-0.1, -0.05) is 24.8 Å². The number of hydrogen-bond donors (Lipinski definition) is 2. The SMILES string of the molecule is C=CC(=O)Nc1ccc(-c2c3c4c(ncnc4n2C)NCc2cc(Oc4nccc(COC)n4)ccc2-3)cc1. The molecule has 194 valence electrons. The van der Waals surface area contributed by atoms with Gasteiger partial charge in [0.15, 0.2) is 0 Å². The van der Waals surface area contributed by atoms with Crippen LogP contribution in [0.5, 0.6) is 11.8 Å². The van der Waals surface area contributed by atoms with E-state index in [-0.39, 0.29) is 11.9 Å². The molecular weight excluding hydrogens is 494 g/mol. The second-order valence-electron chi connectivity index (χ2n) is 9.01. The molecule has 1 aliphatic rings. The van der Waals surface area contributed by atoms with E-state index in [1.807, 2.05) is 49.5 Å². The predicted octanol–water partition coefficient (Wildman–Crippen LogP) is 5.08. The minimum Gasteiger partial charge on any atom is -0.424 e. The number of fused-ring (bicyclic) bond motifs is 2. The highest BCUT2D eigenvalue weighted by Gasteiger charge is 2.26. The summed E-state index contributed by atoms with van der Waals surface area (Å²) in [5.74, 6) is 1.13. The topological polar surface area (TPSA) is 116 Å². The molecule has 0 aliphatic carbocycles. The molecule has 0 spiro atoms. The number of aromatic nitrogens is 5. The lowest BCUT2D eigenvalue weighted by molar-refractivity contribution is -0.111. The molecule has 0 bridgehead atoms. The number of rotatable bonds is 7. The van der Waals surface area contributed by atoms with Crippen molar-refractivity contribution in [3.8, 4) is 34.1 Å². The van der Waals surface area contributed by atoms with Crippen LogP contribution in [0.4, 0.5) is 11.5 Å². The maximum atomic E-state index is 11.7. The summed E-state index contributed by atoms with van der Waals surface area (Å²) in [6, 6.07) is 15.7. The number of carbonyl (C=O) groups excluding carboxylic acids is 1. The number of ether oxygens (including phenoxy) is 2. The monoisotopic (exact) mass is 519 g/mol. The van der Waals surface area contributed by atoms with Crippen LogP contribution < -0.4 is 15.4 Å². The van der Waals surface area contributed by atoms with E-state index in [0.29, 0.717) is 24.6 Å². The zero-order valence-electron chi connectivity index (χ0n) is 21.4. The number of methoxy groups -OCH3 is 1. The molecule has 1 amide bonds. The smallest absolute Gasteiger partial charge is 0.322 e. The Morgan fingerprint density at radius 2 is 2.00 bits per heavy atom. The summed E-state index contributed by atoms with van der Waals surface area (Å²) < 4.78 is 13.3. The van der Waals surface area contributed by atoms with E-state index < -0.39 is 0 Å². The van der Waals surface area contributed by atoms with E-state index in [4.69, 9.17) is 9.47 Å². The van der Waals surface area contributed by atoms with Crippen LogP contribution in [0.1, 0.15) is 11.3 Å². The molecule has 0 radical (unpaired) electrons. The first-order valence-corrected chi connectivity index (χ1v) is 12.3. The lowest BCUT2D eigenvalue weighted by atomic mass is 9.95. The van der Waals surface area contributed by atoms with Crippen molar-refractivity contribution in [2.24, 2.45) is 7.05 Å². The second-order valence-corrected chi connectivity index (χ2v) is 9.01. The summed E-state index contributed by atoms with van der Waals surface area (Å²) in [5.41, 5.74) is 7.30. The molecule has 0 unspecified atom stereocenters. The molecule has 4 heterocycles. The fourth-order valence-electron chi connectivity index (χ4n) is 4.85. The molecule has 5 aromatic rings. The Morgan fingerprint density at radius 1 is 1.15 bits per heavy atom. The molecule has 0 atom stereocenters. The van der Waals surface area contributed by atoms with Crippen LogP contribution in [0.25, 0.3) is 33.4 Å². The Bertz CT molecular complexity index is 1730. The molecule has 6 rings (SSSR count). The molecule has 0 fully saturated rings. The van der Waals surface area contributed by atoms with Crippen LogP contribution in [0.3, 0.4) is 0 Å². The number of nitrogens with one attached hydrogen (secondary N) is 2. The number of amides is 1. The first kappa shape index (κ1) is 24.3. The van der Waals surface area contributed by atoms with Crippen molar-refractivity contribution in [3.05, 3.63) is 85.0 Å². The molecule has 10 nitrogen and oxygen atoms in total. The third-order valence-electron chi connectivity index (χ3n) is 6.56. The minimum atomic E-state index is -0.257. The number of hydrogen-bond acceptors (Lipinski definition) is 8. The van der Waals surface area contributed by atoms with Crippen molar-refractivity contribution >= 4 is 28.4 Å². The van der Waals surface area contributed by atoms with Crippen LogP contribution >= 0.6 is 0 Å². The third-order valence-corrected chi connectivity index (χ3v) is 6.56. The Morgan fingerprint density at radius 3 is 2.79 bits per heavy atom. The number of carbonyl (C=O) groups is 1. The maximum absolute atomic E-state index is 11.7. The molecular formula is C29H25N7O3. The fourth-order valence-corrected chi connectivity index (χ4v) is 4.85. The highest BCUT2D eigenvalue weighted by molar-refractivity contribution is 6.09. The predicted molar refractivity (Wildman–Crippen MR) is 148 cm³/mol. The quantitative estimate of drug-likeness (QED) is 0.286. The summed E-state index contributed by atoms with van der Waals surface area (Å²) in [4.78, 5) is 29.5. The van der Waals surface area contributed by atoms with Crippen LogP contribution in [-0.2, 0) is 29.7 Å². The summed E-state index contributed by atoms with van der Waals surface area (Å²) >= 11 is 0. The van der Waals surface area contributed by atoms with Gasteiger partial charge in [0.05, 0.1) is 23.4 Å². The van der Waals surface area contributed by atoms with Gasteiger partial charge >= 0.3 is 6.01 Å². The minimum absolute atomic E-state index is 0.256. The molecule has 2 aromatic carbocycles. The van der Waals surface area contributed by atoms with Gasteiger partial charge in [-0.3, -0.25) is 4.79 Å². The summed E-state index contributed by atoms with van der Waals surface area (Å²) in [6.45, 7) is 4.44. The first-order chi connectivity index (χ1) is 19.1. The molecule has 1 aliphatic heterocycles. The van der Waals surface area contributed by atoms with Crippen LogP contribution in [0, 0.1) is 0 Å². The van der Waals surface area contributed by atoms with E-state index in [1.165, 1.54) is 6.08 Å². The fraction of sp³-hybridized carbons (Fsp3) is 0.138. The van der Waals surface area contributed by atoms with Crippen molar-refractivity contribution in [3.63, 3.8) is 0 Å². The van der Waals surface area contributed by atoms with Crippen LogP contribution in [-0.4, -0.2) is 37.5 Å². The highest BCUT2D eigenvalue weighted by atomic mass is 16.5. The van der Waals surface area contributed by atoms with Gasteiger partial charge in [-0.15, -0.1) is 0 Å². The van der Waals surface area contributed by atoms with E-state index >= 15 is 0 Å². The van der Waals surface area contributed by atoms with Crippen molar-refractivity contribution in [1.82, 2.24) is 24.5 Å². The zero-order chi connectivity index (χ0) is 26.9. The first-order valence-electron chi connectivity index (χ1n) is 12.3. The van der Waals surface area contributed by atoms with Crippen molar-refractivity contribution in [2.45, 2.75) is 13.2 Å². The van der Waals surface area contributed by atoms with Gasteiger partial charge in [-0.2, -0.15) is 4.98 Å². The molecule has 10 heteroatoms. The van der Waals surface area contributed by atoms with E-state index in [2.05, 4.69) is 41.7 Å². The Labute approximate surface area is 224 Å². The van der Waals surface area contributed by atoms with E-state index in [0.717, 1.165) is 50.5 Å². The van der Waals surface area contributed by atoms with Gasteiger partial charge in [-0.25, -0.2) is 15.0 Å². The Balaban J connectivity index is 1.44. The van der Waals surface area contributed by atoms with Gasteiger partial charge in [0.1, 0.15) is 23.5 Å². The number of nitrogens with zero attached hydrogens (tertiary/aromatic N) is 5. The summed E-state index contributed by atoms with van der Waals surface area (Å²) in [7, 11) is 3.61. The normalized spacial score (nSPS) is 11.8. The van der Waals surface area contributed by atoms with Crippen molar-refractivity contribution < 1.29 is 14.3 Å². The number of anilines is 2. The van der Waals surface area contributed by atoms with E-state index in [9.17, 15) is 4.79 Å². The molecule has 0 saturated heterocycles. The Kier molecular flexibility index (Phi) is 6.22. The largest absolute Gasteiger partial charge is 0.424 e. The van der Waals surface area contributed by atoms with E-state index in [1.54, 1.807) is 25.7 Å². The van der Waals surface area contributed by atoms with Crippen molar-refractivity contribution in [2.75, 3.05) is 17.7 Å². The standard InChI is InChI=1S/C29H25N7O3/c1-4-23(37)34-19-7-5-17(6-8-19)26-24-22-10-9-21(39-29-30-12-11-20(35-29)15-38-3)13-18(22)14-31-27-25(24)28(36(26)2)33-16-32-27/h4-13,16H,1,14-15H2,2-3H3,(H,34,37)(H,31,32,33). The van der Waals surface area contributed by atoms with Gasteiger partial charge in [-0.05, 0) is 53.1 Å². The second kappa shape index (κ2) is 9.99.